The molecule has 0 aliphatic carbocycles. The Morgan fingerprint density at radius 1 is 1.59 bits per heavy atom. The fraction of sp³-hybridized carbons (Fsp3) is 0.500. The summed E-state index contributed by atoms with van der Waals surface area (Å²) >= 11 is 0. The summed E-state index contributed by atoms with van der Waals surface area (Å²) in [6.07, 6.45) is 1.06. The summed E-state index contributed by atoms with van der Waals surface area (Å²) in [5.41, 5.74) is 0.480. The Kier molecular flexibility index (Phi) is 3.58. The minimum atomic E-state index is -0.0262. The lowest BCUT2D eigenvalue weighted by molar-refractivity contribution is 0.0719. The van der Waals surface area contributed by atoms with Gasteiger partial charge in [-0.25, -0.2) is 4.98 Å². The highest BCUT2D eigenvalue weighted by Gasteiger charge is 2.27. The van der Waals surface area contributed by atoms with E-state index < -0.39 is 0 Å². The fourth-order valence-corrected chi connectivity index (χ4v) is 1.96. The number of carbonyl (C=O) groups is 1. The van der Waals surface area contributed by atoms with Crippen molar-refractivity contribution in [2.45, 2.75) is 12.5 Å². The zero-order valence-corrected chi connectivity index (χ0v) is 10.1. The monoisotopic (exact) mass is 235 g/mol. The smallest absolute Gasteiger partial charge is 0.272 e. The molecule has 0 radical (unpaired) electrons. The number of ether oxygens (including phenoxy) is 1. The molecule has 1 saturated heterocycles. The Labute approximate surface area is 101 Å². The maximum atomic E-state index is 12.2. The van der Waals surface area contributed by atoms with Crippen molar-refractivity contribution in [3.63, 3.8) is 0 Å². The summed E-state index contributed by atoms with van der Waals surface area (Å²) in [5, 5.41) is 2.93. The lowest BCUT2D eigenvalue weighted by Crippen LogP contribution is -2.30. The van der Waals surface area contributed by atoms with E-state index in [1.54, 1.807) is 25.1 Å². The van der Waals surface area contributed by atoms with Crippen molar-refractivity contribution in [3.8, 4) is 0 Å². The molecule has 2 heterocycles. The summed E-state index contributed by atoms with van der Waals surface area (Å²) < 4.78 is 5.25. The van der Waals surface area contributed by atoms with Crippen LogP contribution in [0, 0.1) is 0 Å². The number of methoxy groups -OCH3 is 1. The molecule has 0 spiro atoms. The molecule has 1 unspecified atom stereocenters. The summed E-state index contributed by atoms with van der Waals surface area (Å²) in [6.45, 7) is 1.39. The van der Waals surface area contributed by atoms with Gasteiger partial charge in [-0.15, -0.1) is 0 Å². The Bertz CT molecular complexity index is 408. The van der Waals surface area contributed by atoms with E-state index >= 15 is 0 Å². The second-order valence-electron chi connectivity index (χ2n) is 4.06. The second kappa shape index (κ2) is 5.14. The molecule has 1 N–H and O–H groups in total. The number of hydrogen-bond acceptors (Lipinski definition) is 4. The van der Waals surface area contributed by atoms with Crippen LogP contribution in [0.3, 0.4) is 0 Å². The fourth-order valence-electron chi connectivity index (χ4n) is 1.96. The lowest BCUT2D eigenvalue weighted by Gasteiger charge is -2.15. The molecule has 0 bridgehead atoms. The molecule has 1 amide bonds. The lowest BCUT2D eigenvalue weighted by atomic mass is 10.3. The van der Waals surface area contributed by atoms with Crippen LogP contribution in [0.1, 0.15) is 16.9 Å². The van der Waals surface area contributed by atoms with E-state index in [4.69, 9.17) is 4.74 Å². The van der Waals surface area contributed by atoms with Crippen molar-refractivity contribution in [1.29, 1.82) is 0 Å². The molecule has 2 rings (SSSR count). The molecule has 1 aromatic rings. The number of rotatable bonds is 3. The molecule has 1 fully saturated rings. The number of carbonyl (C=O) groups excluding carboxylic acids is 1. The SMILES string of the molecule is CNc1cccc(C(=O)N2CCC(OC)C2)n1. The molecule has 92 valence electrons. The zero-order chi connectivity index (χ0) is 12.3. The Morgan fingerprint density at radius 2 is 2.41 bits per heavy atom. The molecule has 0 aromatic carbocycles. The van der Waals surface area contributed by atoms with Crippen molar-refractivity contribution in [3.05, 3.63) is 23.9 Å². The van der Waals surface area contributed by atoms with Crippen LogP contribution in [0.5, 0.6) is 0 Å². The first kappa shape index (κ1) is 11.9. The summed E-state index contributed by atoms with van der Waals surface area (Å²) in [4.78, 5) is 18.2. The number of nitrogens with one attached hydrogen (secondary N) is 1. The maximum absolute atomic E-state index is 12.2. The quantitative estimate of drug-likeness (QED) is 0.848. The summed E-state index contributed by atoms with van der Waals surface area (Å²) in [7, 11) is 3.46. The number of amides is 1. The average molecular weight is 235 g/mol. The predicted octanol–water partition coefficient (Wildman–Crippen LogP) is 0.984. The number of nitrogens with zero attached hydrogens (tertiary/aromatic N) is 2. The molecular weight excluding hydrogens is 218 g/mol. The number of aromatic nitrogens is 1. The number of anilines is 1. The number of likely N-dealkylation sites (tertiary alicyclic amines) is 1. The van der Waals surface area contributed by atoms with Crippen molar-refractivity contribution in [1.82, 2.24) is 9.88 Å². The van der Waals surface area contributed by atoms with E-state index in [0.29, 0.717) is 18.1 Å². The van der Waals surface area contributed by atoms with Gasteiger partial charge in [0.15, 0.2) is 0 Å². The van der Waals surface area contributed by atoms with Gasteiger partial charge in [-0.3, -0.25) is 4.79 Å². The van der Waals surface area contributed by atoms with Crippen LogP contribution in [0.25, 0.3) is 0 Å². The van der Waals surface area contributed by atoms with E-state index in [9.17, 15) is 4.79 Å². The minimum Gasteiger partial charge on any atom is -0.380 e. The van der Waals surface area contributed by atoms with E-state index in [1.807, 2.05) is 12.1 Å². The molecular formula is C12H17N3O2. The van der Waals surface area contributed by atoms with Crippen LogP contribution in [0.4, 0.5) is 5.82 Å². The molecule has 1 aromatic heterocycles. The summed E-state index contributed by atoms with van der Waals surface area (Å²) in [5.74, 6) is 0.681. The van der Waals surface area contributed by atoms with Crippen molar-refractivity contribution in [2.75, 3.05) is 32.6 Å². The van der Waals surface area contributed by atoms with Gasteiger partial charge in [-0.2, -0.15) is 0 Å². The van der Waals surface area contributed by atoms with Gasteiger partial charge in [0.1, 0.15) is 11.5 Å². The predicted molar refractivity (Wildman–Crippen MR) is 65.1 cm³/mol. The molecule has 17 heavy (non-hydrogen) atoms. The molecule has 1 aliphatic heterocycles. The molecule has 0 saturated carbocycles. The van der Waals surface area contributed by atoms with Crippen molar-refractivity contribution >= 4 is 11.7 Å². The zero-order valence-electron chi connectivity index (χ0n) is 10.1. The van der Waals surface area contributed by atoms with Crippen molar-refractivity contribution < 1.29 is 9.53 Å². The summed E-state index contributed by atoms with van der Waals surface area (Å²) in [6, 6.07) is 5.40. The maximum Gasteiger partial charge on any atom is 0.272 e. The molecule has 1 aliphatic rings. The van der Waals surface area contributed by atoms with Crippen LogP contribution < -0.4 is 5.32 Å². The minimum absolute atomic E-state index is 0.0262. The Morgan fingerprint density at radius 3 is 3.06 bits per heavy atom. The topological polar surface area (TPSA) is 54.5 Å². The largest absolute Gasteiger partial charge is 0.380 e. The molecule has 5 heteroatoms. The van der Waals surface area contributed by atoms with Crippen LogP contribution >= 0.6 is 0 Å². The van der Waals surface area contributed by atoms with Gasteiger partial charge >= 0.3 is 0 Å². The third kappa shape index (κ3) is 2.55. The highest BCUT2D eigenvalue weighted by Crippen LogP contribution is 2.15. The van der Waals surface area contributed by atoms with Crippen molar-refractivity contribution in [2.24, 2.45) is 0 Å². The van der Waals surface area contributed by atoms with Crippen LogP contribution in [-0.4, -0.2) is 49.1 Å². The van der Waals surface area contributed by atoms with Gasteiger partial charge in [-0.05, 0) is 18.6 Å². The molecule has 5 nitrogen and oxygen atoms in total. The Hall–Kier alpha value is -1.62. The van der Waals surface area contributed by atoms with Gasteiger partial charge in [0, 0.05) is 27.2 Å². The third-order valence-corrected chi connectivity index (χ3v) is 2.99. The Balaban J connectivity index is 2.09. The van der Waals surface area contributed by atoms with Crippen LogP contribution in [0.15, 0.2) is 18.2 Å². The number of pyridine rings is 1. The van der Waals surface area contributed by atoms with Gasteiger partial charge in [0.25, 0.3) is 5.91 Å². The van der Waals surface area contributed by atoms with Gasteiger partial charge < -0.3 is 15.0 Å². The molecule has 1 atom stereocenters. The van der Waals surface area contributed by atoms with E-state index in [2.05, 4.69) is 10.3 Å². The van der Waals surface area contributed by atoms with Gasteiger partial charge in [0.05, 0.1) is 6.10 Å². The van der Waals surface area contributed by atoms with E-state index in [0.717, 1.165) is 13.0 Å². The van der Waals surface area contributed by atoms with Crippen LogP contribution in [0.2, 0.25) is 0 Å². The standard InChI is InChI=1S/C12H17N3O2/c1-13-11-5-3-4-10(14-11)12(16)15-7-6-9(8-15)17-2/h3-5,9H,6-8H2,1-2H3,(H,13,14). The normalized spacial score (nSPS) is 19.4. The first-order valence-electron chi connectivity index (χ1n) is 5.71. The first-order chi connectivity index (χ1) is 8.24. The third-order valence-electron chi connectivity index (χ3n) is 2.99. The average Bonchev–Trinajstić information content (AvgIpc) is 2.86. The van der Waals surface area contributed by atoms with E-state index in [1.165, 1.54) is 0 Å². The number of hydrogen-bond donors (Lipinski definition) is 1. The highest BCUT2D eigenvalue weighted by atomic mass is 16.5. The highest BCUT2D eigenvalue weighted by molar-refractivity contribution is 5.92. The first-order valence-corrected chi connectivity index (χ1v) is 5.71. The van der Waals surface area contributed by atoms with Gasteiger partial charge in [0.2, 0.25) is 0 Å². The van der Waals surface area contributed by atoms with Gasteiger partial charge in [-0.1, -0.05) is 6.07 Å². The second-order valence-corrected chi connectivity index (χ2v) is 4.06. The van der Waals surface area contributed by atoms with Crippen LogP contribution in [-0.2, 0) is 4.74 Å². The van der Waals surface area contributed by atoms with E-state index in [-0.39, 0.29) is 12.0 Å².